The number of rotatable bonds is 7. The quantitative estimate of drug-likeness (QED) is 0.171. The largest absolute Gasteiger partial charge is 0.276 e. The highest BCUT2D eigenvalue weighted by Crippen LogP contribution is 2.44. The van der Waals surface area contributed by atoms with E-state index < -0.39 is 0 Å². The maximum atomic E-state index is 7.08. The van der Waals surface area contributed by atoms with Crippen LogP contribution in [-0.2, 0) is 0 Å². The molecule has 230 valence electrons. The van der Waals surface area contributed by atoms with Crippen molar-refractivity contribution < 1.29 is 0 Å². The Hall–Kier alpha value is -5.68. The second-order valence-corrected chi connectivity index (χ2v) is 12.1. The molecule has 0 amide bonds. The van der Waals surface area contributed by atoms with Crippen LogP contribution < -0.4 is 0 Å². The number of hydrogen-bond donors (Lipinski definition) is 0. The molecule has 0 saturated heterocycles. The number of imidazole rings is 2. The topological polar surface area (TPSA) is 35.6 Å². The Balaban J connectivity index is 1.59. The van der Waals surface area contributed by atoms with Gasteiger partial charge in [0, 0.05) is 27.8 Å². The summed E-state index contributed by atoms with van der Waals surface area (Å²) in [4.78, 5) is 10.9. The van der Waals surface area contributed by atoms with Crippen molar-refractivity contribution in [2.45, 2.75) is 0 Å². The van der Waals surface area contributed by atoms with Gasteiger partial charge < -0.3 is 0 Å². The average molecular weight is 660 g/mol. The molecule has 48 heavy (non-hydrogen) atoms. The summed E-state index contributed by atoms with van der Waals surface area (Å²) in [5.41, 5.74) is 8.94. The van der Waals surface area contributed by atoms with Gasteiger partial charge in [0.15, 0.2) is 0 Å². The van der Waals surface area contributed by atoms with E-state index in [-0.39, 0.29) is 0 Å². The molecule has 0 aliphatic rings. The van der Waals surface area contributed by atoms with Crippen LogP contribution in [0.5, 0.6) is 0 Å². The first kappa shape index (κ1) is 29.7. The van der Waals surface area contributed by atoms with Gasteiger partial charge in [-0.05, 0) is 24.3 Å². The van der Waals surface area contributed by atoms with Crippen molar-refractivity contribution in [3.63, 3.8) is 0 Å². The molecule has 0 radical (unpaired) electrons. The van der Waals surface area contributed by atoms with Crippen LogP contribution >= 0.6 is 23.2 Å². The SMILES string of the molecule is Clc1ccccc1-c1nc(-c2ccccc2)c(-c2ccccc2)n1-c1nc(-c2ccccc2)c(-c2ccccc2)n1-c1ccccc1Cl. The minimum atomic E-state index is 0.588. The van der Waals surface area contributed by atoms with Crippen molar-refractivity contribution in [3.8, 4) is 68.1 Å². The number of halogens is 2. The summed E-state index contributed by atoms with van der Waals surface area (Å²) in [5.74, 6) is 1.29. The third-order valence-corrected chi connectivity index (χ3v) is 8.98. The number of para-hydroxylation sites is 1. The van der Waals surface area contributed by atoms with E-state index >= 15 is 0 Å². The summed E-state index contributed by atoms with van der Waals surface area (Å²) >= 11 is 14.1. The normalized spacial score (nSPS) is 11.1. The zero-order valence-corrected chi connectivity index (χ0v) is 27.2. The molecule has 0 atom stereocenters. The van der Waals surface area contributed by atoms with Gasteiger partial charge in [-0.2, -0.15) is 0 Å². The highest BCUT2D eigenvalue weighted by Gasteiger charge is 2.30. The molecule has 6 heteroatoms. The predicted molar refractivity (Wildman–Crippen MR) is 198 cm³/mol. The Morgan fingerprint density at radius 3 is 1.31 bits per heavy atom. The number of nitrogens with zero attached hydrogens (tertiary/aromatic N) is 4. The molecule has 2 heterocycles. The van der Waals surface area contributed by atoms with Crippen molar-refractivity contribution in [1.82, 2.24) is 19.1 Å². The molecule has 4 nitrogen and oxygen atoms in total. The van der Waals surface area contributed by atoms with E-state index in [4.69, 9.17) is 33.2 Å². The first-order chi connectivity index (χ1) is 23.7. The van der Waals surface area contributed by atoms with Crippen LogP contribution in [0.1, 0.15) is 0 Å². The molecule has 0 N–H and O–H groups in total. The third-order valence-electron chi connectivity index (χ3n) is 8.33. The van der Waals surface area contributed by atoms with Gasteiger partial charge >= 0.3 is 0 Å². The maximum absolute atomic E-state index is 7.08. The second kappa shape index (κ2) is 12.8. The minimum Gasteiger partial charge on any atom is -0.276 e. The second-order valence-electron chi connectivity index (χ2n) is 11.3. The Bertz CT molecular complexity index is 2350. The van der Waals surface area contributed by atoms with Gasteiger partial charge in [0.1, 0.15) is 5.82 Å². The van der Waals surface area contributed by atoms with Crippen LogP contribution in [-0.4, -0.2) is 19.1 Å². The summed E-state index contributed by atoms with van der Waals surface area (Å²) in [6.07, 6.45) is 0. The standard InChI is InChI=1S/C42H28Cl2N4/c43-34-26-14-13-25-33(34)41-45-37(29-17-5-1-6-18-29)40(32-23-11-4-12-24-32)48(41)42-46-38(30-19-7-2-8-20-30)39(31-21-9-3-10-22-31)47(42)36-28-16-15-27-35(36)44/h1-28H. The van der Waals surface area contributed by atoms with E-state index in [1.807, 2.05) is 121 Å². The van der Waals surface area contributed by atoms with E-state index in [0.29, 0.717) is 21.8 Å². The fourth-order valence-electron chi connectivity index (χ4n) is 6.18. The molecule has 0 unspecified atom stereocenters. The Morgan fingerprint density at radius 1 is 0.375 bits per heavy atom. The monoisotopic (exact) mass is 658 g/mol. The summed E-state index contributed by atoms with van der Waals surface area (Å²) < 4.78 is 4.30. The molecule has 0 aliphatic carbocycles. The van der Waals surface area contributed by atoms with Crippen molar-refractivity contribution >= 4 is 23.2 Å². The number of aromatic nitrogens is 4. The smallest absolute Gasteiger partial charge is 0.221 e. The molecule has 2 aromatic heterocycles. The van der Waals surface area contributed by atoms with E-state index in [1.54, 1.807) is 0 Å². The van der Waals surface area contributed by atoms with E-state index in [0.717, 1.165) is 56.3 Å². The predicted octanol–water partition coefficient (Wildman–Crippen LogP) is 11.7. The molecule has 0 spiro atoms. The summed E-state index contributed by atoms with van der Waals surface area (Å²) in [6.45, 7) is 0. The van der Waals surface area contributed by atoms with Crippen LogP contribution in [0.25, 0.3) is 68.1 Å². The lowest BCUT2D eigenvalue weighted by molar-refractivity contribution is 0.904. The molecule has 8 rings (SSSR count). The van der Waals surface area contributed by atoms with Crippen molar-refractivity contribution in [2.75, 3.05) is 0 Å². The van der Waals surface area contributed by atoms with Gasteiger partial charge in [-0.3, -0.25) is 9.13 Å². The lowest BCUT2D eigenvalue weighted by atomic mass is 10.0. The molecule has 0 bridgehead atoms. The lowest BCUT2D eigenvalue weighted by Gasteiger charge is -2.18. The highest BCUT2D eigenvalue weighted by atomic mass is 35.5. The first-order valence-corrected chi connectivity index (χ1v) is 16.4. The highest BCUT2D eigenvalue weighted by molar-refractivity contribution is 6.33. The van der Waals surface area contributed by atoms with Crippen LogP contribution in [0, 0.1) is 0 Å². The molecule has 6 aromatic carbocycles. The van der Waals surface area contributed by atoms with Gasteiger partial charge in [0.2, 0.25) is 5.95 Å². The Labute approximate surface area is 289 Å². The molecular formula is C42H28Cl2N4. The number of hydrogen-bond acceptors (Lipinski definition) is 2. The molecule has 0 saturated carbocycles. The van der Waals surface area contributed by atoms with Crippen LogP contribution in [0.4, 0.5) is 0 Å². The molecular weight excluding hydrogens is 631 g/mol. The van der Waals surface area contributed by atoms with Crippen molar-refractivity contribution in [1.29, 1.82) is 0 Å². The van der Waals surface area contributed by atoms with E-state index in [9.17, 15) is 0 Å². The Morgan fingerprint density at radius 2 is 0.792 bits per heavy atom. The van der Waals surface area contributed by atoms with E-state index in [1.165, 1.54) is 0 Å². The zero-order chi connectivity index (χ0) is 32.5. The van der Waals surface area contributed by atoms with Crippen LogP contribution in [0.15, 0.2) is 170 Å². The Kier molecular flexibility index (Phi) is 7.95. The van der Waals surface area contributed by atoms with Crippen molar-refractivity contribution in [2.24, 2.45) is 0 Å². The van der Waals surface area contributed by atoms with Gasteiger partial charge in [0.05, 0.1) is 38.5 Å². The van der Waals surface area contributed by atoms with E-state index in [2.05, 4.69) is 57.7 Å². The molecule has 0 fully saturated rings. The summed E-state index contributed by atoms with van der Waals surface area (Å²) in [6, 6.07) is 56.9. The van der Waals surface area contributed by atoms with Gasteiger partial charge in [-0.15, -0.1) is 0 Å². The zero-order valence-electron chi connectivity index (χ0n) is 25.7. The molecule has 8 aromatic rings. The van der Waals surface area contributed by atoms with Crippen LogP contribution in [0.2, 0.25) is 10.0 Å². The van der Waals surface area contributed by atoms with Crippen molar-refractivity contribution in [3.05, 3.63) is 180 Å². The van der Waals surface area contributed by atoms with Crippen LogP contribution in [0.3, 0.4) is 0 Å². The summed E-state index contributed by atoms with van der Waals surface area (Å²) in [5, 5.41) is 1.18. The number of benzene rings is 6. The minimum absolute atomic E-state index is 0.588. The van der Waals surface area contributed by atoms with Gasteiger partial charge in [-0.25, -0.2) is 9.97 Å². The fourth-order valence-corrected chi connectivity index (χ4v) is 6.62. The summed E-state index contributed by atoms with van der Waals surface area (Å²) in [7, 11) is 0. The maximum Gasteiger partial charge on any atom is 0.221 e. The van der Waals surface area contributed by atoms with Gasteiger partial charge in [0.25, 0.3) is 0 Å². The third kappa shape index (κ3) is 5.31. The average Bonchev–Trinajstić information content (AvgIpc) is 3.73. The lowest BCUT2D eigenvalue weighted by Crippen LogP contribution is -2.10. The molecule has 0 aliphatic heterocycles. The van der Waals surface area contributed by atoms with Gasteiger partial charge in [-0.1, -0.05) is 169 Å². The fraction of sp³-hybridized carbons (Fsp3) is 0. The first-order valence-electron chi connectivity index (χ1n) is 15.7.